The Morgan fingerprint density at radius 2 is 1.66 bits per heavy atom. The van der Waals surface area contributed by atoms with Crippen LogP contribution in [0.5, 0.6) is 5.75 Å². The molecule has 0 aliphatic carbocycles. The predicted octanol–water partition coefficient (Wildman–Crippen LogP) is 7.86. The molecule has 0 atom stereocenters. The molecule has 10 heteroatoms. The summed E-state index contributed by atoms with van der Waals surface area (Å²) in [6.07, 6.45) is -4.95. The zero-order valence-corrected chi connectivity index (χ0v) is 19.6. The number of fused-ring (bicyclic) bond motifs is 2. The third-order valence-electron chi connectivity index (χ3n) is 5.14. The Kier molecular flexibility index (Phi) is 5.69. The Morgan fingerprint density at radius 3 is 2.37 bits per heavy atom. The first-order valence-corrected chi connectivity index (χ1v) is 11.1. The Hall–Kier alpha value is -3.56. The number of hydrogen-bond donors (Lipinski definition) is 0. The summed E-state index contributed by atoms with van der Waals surface area (Å²) < 4.78 is 58.0. The molecule has 0 amide bonds. The number of ether oxygens (including phenoxy) is 1. The molecule has 0 fully saturated rings. The summed E-state index contributed by atoms with van der Waals surface area (Å²) >= 11 is 9.15. The van der Waals surface area contributed by atoms with Crippen molar-refractivity contribution in [2.45, 2.75) is 6.18 Å². The van der Waals surface area contributed by atoms with Crippen molar-refractivity contribution in [3.8, 4) is 16.9 Å². The first-order valence-electron chi connectivity index (χ1n) is 9.95. The molecule has 0 aliphatic rings. The van der Waals surface area contributed by atoms with Gasteiger partial charge in [-0.1, -0.05) is 39.7 Å². The third kappa shape index (κ3) is 4.44. The molecule has 0 bridgehead atoms. The van der Waals surface area contributed by atoms with Crippen LogP contribution < -0.4 is 10.2 Å². The Morgan fingerprint density at radius 1 is 0.914 bits per heavy atom. The number of esters is 1. The highest BCUT2D eigenvalue weighted by Gasteiger charge is 2.39. The maximum absolute atomic E-state index is 13.8. The van der Waals surface area contributed by atoms with Gasteiger partial charge in [-0.2, -0.15) is 13.2 Å². The van der Waals surface area contributed by atoms with Crippen LogP contribution in [0.15, 0.2) is 84.8 Å². The second-order valence-electron chi connectivity index (χ2n) is 7.48. The SMILES string of the molecule is O=C(Oc1ccc2c(=O)c(-c3ccc(Br)cc3)c(C(F)(F)F)oc2c1)c1cc2cc(Cl)ccc2o1. The number of halogens is 5. The van der Waals surface area contributed by atoms with Crippen molar-refractivity contribution in [1.29, 1.82) is 0 Å². The average molecular weight is 564 g/mol. The van der Waals surface area contributed by atoms with E-state index in [0.717, 1.165) is 6.07 Å². The van der Waals surface area contributed by atoms with Crippen LogP contribution in [0, 0.1) is 0 Å². The highest BCUT2D eigenvalue weighted by Crippen LogP contribution is 2.38. The van der Waals surface area contributed by atoms with Crippen LogP contribution in [0.2, 0.25) is 5.02 Å². The maximum Gasteiger partial charge on any atom is 0.450 e. The molecule has 0 unspecified atom stereocenters. The molecule has 0 saturated heterocycles. The van der Waals surface area contributed by atoms with Gasteiger partial charge in [0.05, 0.1) is 10.9 Å². The summed E-state index contributed by atoms with van der Waals surface area (Å²) in [7, 11) is 0. The summed E-state index contributed by atoms with van der Waals surface area (Å²) in [4.78, 5) is 25.6. The van der Waals surface area contributed by atoms with Gasteiger partial charge >= 0.3 is 12.1 Å². The number of furan rings is 1. The van der Waals surface area contributed by atoms with E-state index in [1.54, 1.807) is 18.2 Å². The topological polar surface area (TPSA) is 69.7 Å². The molecule has 0 N–H and O–H groups in total. The van der Waals surface area contributed by atoms with Gasteiger partial charge in [-0.3, -0.25) is 4.79 Å². The molecule has 0 spiro atoms. The predicted molar refractivity (Wildman–Crippen MR) is 127 cm³/mol. The minimum atomic E-state index is -4.95. The number of rotatable bonds is 3. The second kappa shape index (κ2) is 8.58. The highest BCUT2D eigenvalue weighted by molar-refractivity contribution is 9.10. The molecule has 35 heavy (non-hydrogen) atoms. The maximum atomic E-state index is 13.8. The molecule has 2 heterocycles. The van der Waals surface area contributed by atoms with Gasteiger partial charge < -0.3 is 13.6 Å². The number of hydrogen-bond acceptors (Lipinski definition) is 5. The normalized spacial score (nSPS) is 11.8. The van der Waals surface area contributed by atoms with Gasteiger partial charge in [0.15, 0.2) is 0 Å². The summed E-state index contributed by atoms with van der Waals surface area (Å²) in [6, 6.07) is 15.6. The van der Waals surface area contributed by atoms with Crippen LogP contribution >= 0.6 is 27.5 Å². The van der Waals surface area contributed by atoms with E-state index >= 15 is 0 Å². The van der Waals surface area contributed by atoms with E-state index in [-0.39, 0.29) is 28.0 Å². The number of benzene rings is 3. The minimum Gasteiger partial charge on any atom is -0.450 e. The number of carbonyl (C=O) groups excluding carboxylic acids is 1. The van der Waals surface area contributed by atoms with Crippen molar-refractivity contribution in [1.82, 2.24) is 0 Å². The molecule has 0 radical (unpaired) electrons. The van der Waals surface area contributed by atoms with Gasteiger partial charge in [0.2, 0.25) is 16.9 Å². The lowest BCUT2D eigenvalue weighted by Crippen LogP contribution is -2.16. The zero-order valence-electron chi connectivity index (χ0n) is 17.3. The molecule has 5 rings (SSSR count). The van der Waals surface area contributed by atoms with E-state index in [1.165, 1.54) is 42.5 Å². The van der Waals surface area contributed by atoms with Gasteiger partial charge in [-0.15, -0.1) is 0 Å². The van der Waals surface area contributed by atoms with E-state index in [2.05, 4.69) is 15.9 Å². The summed E-state index contributed by atoms with van der Waals surface area (Å²) in [6.45, 7) is 0. The molecule has 5 aromatic rings. The lowest BCUT2D eigenvalue weighted by Gasteiger charge is -2.13. The fourth-order valence-corrected chi connectivity index (χ4v) is 4.03. The molecule has 0 saturated carbocycles. The van der Waals surface area contributed by atoms with Crippen molar-refractivity contribution >= 4 is 55.4 Å². The third-order valence-corrected chi connectivity index (χ3v) is 5.91. The van der Waals surface area contributed by atoms with Crippen molar-refractivity contribution < 1.29 is 31.5 Å². The van der Waals surface area contributed by atoms with E-state index in [4.69, 9.17) is 25.2 Å². The van der Waals surface area contributed by atoms with Gasteiger partial charge in [-0.05, 0) is 54.1 Å². The van der Waals surface area contributed by atoms with E-state index in [1.807, 2.05) is 0 Å². The molecular formula is C25H11BrClF3O5. The number of carbonyl (C=O) groups is 1. The monoisotopic (exact) mass is 562 g/mol. The van der Waals surface area contributed by atoms with Crippen LogP contribution in [0.1, 0.15) is 16.3 Å². The van der Waals surface area contributed by atoms with Crippen LogP contribution in [0.3, 0.4) is 0 Å². The lowest BCUT2D eigenvalue weighted by atomic mass is 10.0. The zero-order chi connectivity index (χ0) is 24.9. The van der Waals surface area contributed by atoms with Crippen molar-refractivity contribution in [3.63, 3.8) is 0 Å². The quantitative estimate of drug-likeness (QED) is 0.165. The van der Waals surface area contributed by atoms with Crippen molar-refractivity contribution in [3.05, 3.63) is 98.0 Å². The molecule has 2 aromatic heterocycles. The van der Waals surface area contributed by atoms with Crippen molar-refractivity contribution in [2.75, 3.05) is 0 Å². The first kappa shape index (κ1) is 23.2. The van der Waals surface area contributed by atoms with Gasteiger partial charge in [0.1, 0.15) is 16.9 Å². The van der Waals surface area contributed by atoms with E-state index < -0.39 is 28.9 Å². The second-order valence-corrected chi connectivity index (χ2v) is 8.83. The summed E-state index contributed by atoms with van der Waals surface area (Å²) in [5, 5.41) is 0.920. The van der Waals surface area contributed by atoms with Crippen LogP contribution in [-0.4, -0.2) is 5.97 Å². The largest absolute Gasteiger partial charge is 0.450 e. The Labute approximate surface area is 207 Å². The molecule has 5 nitrogen and oxygen atoms in total. The Bertz CT molecular complexity index is 1670. The highest BCUT2D eigenvalue weighted by atomic mass is 79.9. The fraction of sp³-hybridized carbons (Fsp3) is 0.0400. The van der Waals surface area contributed by atoms with Crippen LogP contribution in [0.25, 0.3) is 33.1 Å². The van der Waals surface area contributed by atoms with Gasteiger partial charge in [0, 0.05) is 20.9 Å². The minimum absolute atomic E-state index is 0.0525. The van der Waals surface area contributed by atoms with Gasteiger partial charge in [-0.25, -0.2) is 4.79 Å². The molecule has 176 valence electrons. The Balaban J connectivity index is 1.56. The molecule has 3 aromatic carbocycles. The van der Waals surface area contributed by atoms with Gasteiger partial charge in [0.25, 0.3) is 0 Å². The standard InChI is InChI=1S/C25H11BrClF3O5/c26-14-3-1-12(2-4-14)21-22(31)17-7-6-16(11-19(17)35-23(21)25(28,29)30)33-24(32)20-10-13-9-15(27)5-8-18(13)34-20/h1-11H. The van der Waals surface area contributed by atoms with Crippen molar-refractivity contribution in [2.24, 2.45) is 0 Å². The fourth-order valence-electron chi connectivity index (χ4n) is 3.59. The smallest absolute Gasteiger partial charge is 0.450 e. The van der Waals surface area contributed by atoms with E-state index in [0.29, 0.717) is 20.5 Å². The van der Waals surface area contributed by atoms with Crippen LogP contribution in [0.4, 0.5) is 13.2 Å². The van der Waals surface area contributed by atoms with E-state index in [9.17, 15) is 22.8 Å². The lowest BCUT2D eigenvalue weighted by molar-refractivity contribution is -0.152. The summed E-state index contributed by atoms with van der Waals surface area (Å²) in [5.74, 6) is -2.60. The molecular weight excluding hydrogens is 553 g/mol. The molecule has 0 aliphatic heterocycles. The summed E-state index contributed by atoms with van der Waals surface area (Å²) in [5.41, 5.74) is -1.40. The average Bonchev–Trinajstić information content (AvgIpc) is 3.22. The number of alkyl halides is 3. The first-order chi connectivity index (χ1) is 16.6. The van der Waals surface area contributed by atoms with Crippen LogP contribution in [-0.2, 0) is 6.18 Å².